The third-order valence-corrected chi connectivity index (χ3v) is 5.58. The smallest absolute Gasteiger partial charge is 0.320 e. The highest BCUT2D eigenvalue weighted by molar-refractivity contribution is 5.78. The molecule has 0 unspecified atom stereocenters. The second-order valence-corrected chi connectivity index (χ2v) is 9.83. The van der Waals surface area contributed by atoms with E-state index in [4.69, 9.17) is 9.47 Å². The number of carbonyl (C=O) groups excluding carboxylic acids is 1. The van der Waals surface area contributed by atoms with Crippen molar-refractivity contribution in [3.05, 3.63) is 59.3 Å². The molecule has 170 valence electrons. The molecule has 0 N–H and O–H groups in total. The Morgan fingerprint density at radius 1 is 1.19 bits per heavy atom. The Balaban J connectivity index is 1.41. The molecule has 0 fully saturated rings. The SMILES string of the molecule is CC(C)n1cc2cc(COc3cccc4c3CCN(CC(=O)OC(C)(C)C)C4)ccc2n1. The summed E-state index contributed by atoms with van der Waals surface area (Å²) in [4.78, 5) is 14.3. The molecule has 0 saturated carbocycles. The van der Waals surface area contributed by atoms with E-state index in [1.165, 1.54) is 11.1 Å². The van der Waals surface area contributed by atoms with Crippen LogP contribution >= 0.6 is 0 Å². The summed E-state index contributed by atoms with van der Waals surface area (Å²) in [5.74, 6) is 0.752. The monoisotopic (exact) mass is 435 g/mol. The van der Waals surface area contributed by atoms with Gasteiger partial charge >= 0.3 is 5.97 Å². The highest BCUT2D eigenvalue weighted by Crippen LogP contribution is 2.29. The van der Waals surface area contributed by atoms with Gasteiger partial charge in [-0.2, -0.15) is 5.10 Å². The van der Waals surface area contributed by atoms with Crippen molar-refractivity contribution in [3.63, 3.8) is 0 Å². The Kier molecular flexibility index (Phi) is 6.24. The number of carbonyl (C=O) groups is 1. The van der Waals surface area contributed by atoms with Crippen molar-refractivity contribution >= 4 is 16.9 Å². The predicted molar refractivity (Wildman–Crippen MR) is 126 cm³/mol. The summed E-state index contributed by atoms with van der Waals surface area (Å²) in [5, 5.41) is 5.75. The number of esters is 1. The first kappa shape index (κ1) is 22.3. The van der Waals surface area contributed by atoms with Crippen molar-refractivity contribution < 1.29 is 14.3 Å². The molecule has 0 radical (unpaired) electrons. The standard InChI is InChI=1S/C26H33N3O3/c1-18(2)29-15-21-13-19(9-10-23(21)27-29)17-31-24-8-6-7-20-14-28(12-11-22(20)24)16-25(30)32-26(3,4)5/h6-10,13,15,18H,11-12,14,16-17H2,1-5H3. The number of benzene rings is 2. The summed E-state index contributed by atoms with van der Waals surface area (Å²) >= 11 is 0. The van der Waals surface area contributed by atoms with Gasteiger partial charge < -0.3 is 9.47 Å². The van der Waals surface area contributed by atoms with Gasteiger partial charge in [0.15, 0.2) is 0 Å². The maximum absolute atomic E-state index is 12.2. The zero-order valence-electron chi connectivity index (χ0n) is 19.7. The van der Waals surface area contributed by atoms with Crippen LogP contribution in [0.4, 0.5) is 0 Å². The number of hydrogen-bond acceptors (Lipinski definition) is 5. The fourth-order valence-corrected chi connectivity index (χ4v) is 4.07. The third-order valence-electron chi connectivity index (χ3n) is 5.58. The second-order valence-electron chi connectivity index (χ2n) is 9.83. The van der Waals surface area contributed by atoms with E-state index in [2.05, 4.69) is 54.3 Å². The van der Waals surface area contributed by atoms with E-state index in [1.807, 2.05) is 37.6 Å². The lowest BCUT2D eigenvalue weighted by Crippen LogP contribution is -2.38. The summed E-state index contributed by atoms with van der Waals surface area (Å²) in [6.07, 6.45) is 2.95. The molecule has 0 aliphatic carbocycles. The summed E-state index contributed by atoms with van der Waals surface area (Å²) < 4.78 is 13.7. The van der Waals surface area contributed by atoms with Crippen molar-refractivity contribution in [1.82, 2.24) is 14.7 Å². The van der Waals surface area contributed by atoms with E-state index < -0.39 is 5.60 Å². The van der Waals surface area contributed by atoms with Crippen LogP contribution < -0.4 is 4.74 Å². The van der Waals surface area contributed by atoms with Crippen LogP contribution in [0.5, 0.6) is 5.75 Å². The first-order valence-corrected chi connectivity index (χ1v) is 11.3. The van der Waals surface area contributed by atoms with Gasteiger partial charge in [-0.3, -0.25) is 14.4 Å². The van der Waals surface area contributed by atoms with Crippen LogP contribution in [0, 0.1) is 0 Å². The van der Waals surface area contributed by atoms with Gasteiger partial charge in [-0.1, -0.05) is 18.2 Å². The average Bonchev–Trinajstić information content (AvgIpc) is 3.14. The Bertz CT molecular complexity index is 1110. The van der Waals surface area contributed by atoms with E-state index in [1.54, 1.807) is 0 Å². The predicted octanol–water partition coefficient (Wildman–Crippen LogP) is 4.90. The lowest BCUT2D eigenvalue weighted by atomic mass is 9.98. The zero-order valence-corrected chi connectivity index (χ0v) is 19.7. The number of fused-ring (bicyclic) bond motifs is 2. The minimum Gasteiger partial charge on any atom is -0.489 e. The third kappa shape index (κ3) is 5.30. The molecule has 0 atom stereocenters. The van der Waals surface area contributed by atoms with E-state index in [0.717, 1.165) is 41.7 Å². The zero-order chi connectivity index (χ0) is 22.9. The Morgan fingerprint density at radius 2 is 2.00 bits per heavy atom. The van der Waals surface area contributed by atoms with Crippen LogP contribution in [0.2, 0.25) is 0 Å². The number of rotatable bonds is 6. The molecule has 3 aromatic rings. The molecular weight excluding hydrogens is 402 g/mol. The summed E-state index contributed by atoms with van der Waals surface area (Å²) in [6.45, 7) is 12.3. The number of ether oxygens (including phenoxy) is 2. The van der Waals surface area contributed by atoms with E-state index >= 15 is 0 Å². The number of nitrogens with zero attached hydrogens (tertiary/aromatic N) is 3. The molecule has 32 heavy (non-hydrogen) atoms. The molecule has 1 aliphatic heterocycles. The fraction of sp³-hybridized carbons (Fsp3) is 0.462. The molecule has 4 rings (SSSR count). The van der Waals surface area contributed by atoms with Gasteiger partial charge in [0.05, 0.1) is 12.1 Å². The highest BCUT2D eigenvalue weighted by atomic mass is 16.6. The maximum atomic E-state index is 12.2. The quantitative estimate of drug-likeness (QED) is 0.516. The normalized spacial score (nSPS) is 14.6. The van der Waals surface area contributed by atoms with Crippen molar-refractivity contribution in [2.24, 2.45) is 0 Å². The lowest BCUT2D eigenvalue weighted by Gasteiger charge is -2.30. The van der Waals surface area contributed by atoms with E-state index in [-0.39, 0.29) is 5.97 Å². The molecule has 0 saturated heterocycles. The minimum atomic E-state index is -0.456. The molecule has 1 aromatic heterocycles. The first-order valence-electron chi connectivity index (χ1n) is 11.3. The van der Waals surface area contributed by atoms with Crippen LogP contribution in [-0.2, 0) is 29.1 Å². The van der Waals surface area contributed by atoms with Crippen molar-refractivity contribution in [2.45, 2.75) is 65.8 Å². The van der Waals surface area contributed by atoms with Crippen LogP contribution in [0.3, 0.4) is 0 Å². The van der Waals surface area contributed by atoms with Crippen molar-refractivity contribution in [2.75, 3.05) is 13.1 Å². The van der Waals surface area contributed by atoms with Gasteiger partial charge in [-0.05, 0) is 75.9 Å². The number of aromatic nitrogens is 2. The largest absolute Gasteiger partial charge is 0.489 e. The van der Waals surface area contributed by atoms with Crippen LogP contribution in [-0.4, -0.2) is 39.3 Å². The van der Waals surface area contributed by atoms with Crippen molar-refractivity contribution in [1.29, 1.82) is 0 Å². The second kappa shape index (κ2) is 8.94. The molecular formula is C26H33N3O3. The molecule has 6 heteroatoms. The van der Waals surface area contributed by atoms with E-state index in [9.17, 15) is 4.79 Å². The van der Waals surface area contributed by atoms with Crippen LogP contribution in [0.1, 0.15) is 57.4 Å². The first-order chi connectivity index (χ1) is 15.2. The molecule has 0 bridgehead atoms. The fourth-order valence-electron chi connectivity index (χ4n) is 4.07. The lowest BCUT2D eigenvalue weighted by molar-refractivity contribution is -0.156. The highest BCUT2D eigenvalue weighted by Gasteiger charge is 2.24. The molecule has 1 aliphatic rings. The van der Waals surface area contributed by atoms with Crippen molar-refractivity contribution in [3.8, 4) is 5.75 Å². The van der Waals surface area contributed by atoms with Gasteiger partial charge in [-0.15, -0.1) is 0 Å². The Labute approximate surface area is 190 Å². The summed E-state index contributed by atoms with van der Waals surface area (Å²) in [7, 11) is 0. The minimum absolute atomic E-state index is 0.176. The molecule has 2 aromatic carbocycles. The topological polar surface area (TPSA) is 56.6 Å². The van der Waals surface area contributed by atoms with E-state index in [0.29, 0.717) is 19.2 Å². The molecule has 0 amide bonds. The summed E-state index contributed by atoms with van der Waals surface area (Å²) in [5.41, 5.74) is 4.13. The Morgan fingerprint density at radius 3 is 2.75 bits per heavy atom. The van der Waals surface area contributed by atoms with Crippen LogP contribution in [0.15, 0.2) is 42.6 Å². The average molecular weight is 436 g/mol. The summed E-state index contributed by atoms with van der Waals surface area (Å²) in [6, 6.07) is 12.8. The number of hydrogen-bond donors (Lipinski definition) is 0. The van der Waals surface area contributed by atoms with Gasteiger partial charge in [0.1, 0.15) is 18.0 Å². The molecule has 2 heterocycles. The van der Waals surface area contributed by atoms with Gasteiger partial charge in [0.2, 0.25) is 0 Å². The molecule has 0 spiro atoms. The van der Waals surface area contributed by atoms with Crippen LogP contribution in [0.25, 0.3) is 10.9 Å². The van der Waals surface area contributed by atoms with Gasteiger partial charge in [0.25, 0.3) is 0 Å². The Hall–Kier alpha value is -2.86. The van der Waals surface area contributed by atoms with Gasteiger partial charge in [0, 0.05) is 30.7 Å². The molecule has 6 nitrogen and oxygen atoms in total. The maximum Gasteiger partial charge on any atom is 0.320 e. The van der Waals surface area contributed by atoms with Gasteiger partial charge in [-0.25, -0.2) is 0 Å².